The normalized spacial score (nSPS) is 50.4. The molecule has 7 aliphatic rings. The van der Waals surface area contributed by atoms with E-state index in [0.29, 0.717) is 5.92 Å². The molecule has 2 heterocycles. The molecule has 4 saturated carbocycles. The van der Waals surface area contributed by atoms with Crippen molar-refractivity contribution in [3.8, 4) is 0 Å². The van der Waals surface area contributed by atoms with Gasteiger partial charge in [0, 0.05) is 5.92 Å². The Hall–Kier alpha value is -2.30. The van der Waals surface area contributed by atoms with E-state index in [9.17, 15) is 30.0 Å². The van der Waals surface area contributed by atoms with Crippen LogP contribution >= 0.6 is 0 Å². The molecule has 6 fully saturated rings. The Labute approximate surface area is 308 Å². The van der Waals surface area contributed by atoms with E-state index in [1.54, 1.807) is 0 Å². The summed E-state index contributed by atoms with van der Waals surface area (Å²) >= 11 is 0. The van der Waals surface area contributed by atoms with Crippen LogP contribution in [0.1, 0.15) is 111 Å². The Morgan fingerprint density at radius 2 is 1.54 bits per heavy atom. The van der Waals surface area contributed by atoms with Gasteiger partial charge in [0.1, 0.15) is 31.0 Å². The molecule has 0 aromatic heterocycles. The summed E-state index contributed by atoms with van der Waals surface area (Å²) < 4.78 is 18.5. The minimum absolute atomic E-state index is 0.00530. The third kappa shape index (κ3) is 4.97. The van der Waals surface area contributed by atoms with Crippen molar-refractivity contribution in [3.05, 3.63) is 47.5 Å². The number of benzene rings is 1. The summed E-state index contributed by atoms with van der Waals surface area (Å²) in [5.74, 6) is -0.570. The average Bonchev–Trinajstić information content (AvgIpc) is 3.09. The third-order valence-corrected chi connectivity index (χ3v) is 17.0. The first kappa shape index (κ1) is 36.7. The lowest BCUT2D eigenvalue weighted by Gasteiger charge is -2.74. The zero-order chi connectivity index (χ0) is 37.2. The summed E-state index contributed by atoms with van der Waals surface area (Å²) in [6, 6.07) is 9.23. The summed E-state index contributed by atoms with van der Waals surface area (Å²) in [7, 11) is 0. The lowest BCUT2D eigenvalue weighted by Crippen LogP contribution is -2.76. The number of carbonyl (C=O) groups excluding carboxylic acids is 1. The lowest BCUT2D eigenvalue weighted by molar-refractivity contribution is -0.372. The molecule has 6 unspecified atom stereocenters. The van der Waals surface area contributed by atoms with Gasteiger partial charge >= 0.3 is 11.9 Å². The monoisotopic (exact) mass is 720 g/mol. The number of aliphatic carboxylic acids is 1. The van der Waals surface area contributed by atoms with Crippen LogP contribution in [0.25, 0.3) is 0 Å². The Morgan fingerprint density at radius 3 is 2.25 bits per heavy atom. The highest BCUT2D eigenvalue weighted by atomic mass is 16.6. The van der Waals surface area contributed by atoms with Crippen molar-refractivity contribution >= 4 is 11.9 Å². The highest BCUT2D eigenvalue weighted by Crippen LogP contribution is 2.76. The number of esters is 1. The van der Waals surface area contributed by atoms with Crippen LogP contribution in [0.15, 0.2) is 42.0 Å². The van der Waals surface area contributed by atoms with Gasteiger partial charge in [-0.15, -0.1) is 0 Å². The highest BCUT2D eigenvalue weighted by molar-refractivity contribution is 5.77. The Balaban J connectivity index is 1.02. The van der Waals surface area contributed by atoms with E-state index in [1.165, 1.54) is 5.57 Å². The van der Waals surface area contributed by atoms with E-state index in [-0.39, 0.29) is 46.0 Å². The first-order valence-electron chi connectivity index (χ1n) is 19.9. The van der Waals surface area contributed by atoms with Crippen LogP contribution in [0.2, 0.25) is 0 Å². The van der Waals surface area contributed by atoms with Crippen LogP contribution in [0, 0.1) is 50.7 Å². The molecule has 0 spiro atoms. The maximum Gasteiger partial charge on any atom is 0.338 e. The molecule has 52 heavy (non-hydrogen) atoms. The summed E-state index contributed by atoms with van der Waals surface area (Å²) in [6.07, 6.45) is 4.06. The van der Waals surface area contributed by atoms with Crippen molar-refractivity contribution < 1.29 is 44.2 Å². The van der Waals surface area contributed by atoms with Gasteiger partial charge < -0.3 is 34.6 Å². The van der Waals surface area contributed by atoms with Gasteiger partial charge in [-0.2, -0.15) is 0 Å². The molecular formula is C43H60O9. The largest absolute Gasteiger partial charge is 0.481 e. The number of aliphatic hydroxyl groups is 3. The number of allylic oxidation sites excluding steroid dienone is 2. The first-order chi connectivity index (χ1) is 24.4. The van der Waals surface area contributed by atoms with E-state index in [1.807, 2.05) is 30.3 Å². The molecule has 0 radical (unpaired) electrons. The van der Waals surface area contributed by atoms with Gasteiger partial charge in [0.05, 0.1) is 17.1 Å². The van der Waals surface area contributed by atoms with Gasteiger partial charge in [-0.3, -0.25) is 4.79 Å². The molecule has 286 valence electrons. The summed E-state index contributed by atoms with van der Waals surface area (Å²) in [5, 5.41) is 43.6. The predicted octanol–water partition coefficient (Wildman–Crippen LogP) is 6.21. The summed E-state index contributed by atoms with van der Waals surface area (Å²) in [5.41, 5.74) is 1.18. The fraction of sp³-hybridized carbons (Fsp3) is 0.767. The SMILES string of the molecule is CC1(C)CC[C@]2(C(=O)O)CC[C@]3(C)C(=CCC4[C@@]5(C)CC[C@@H]6[C@H]([C@@H]7OC(C(=O)OCc8ccccc8)[C@H](O)C(O)C7O)O[C@@]6(C)C5CC[C@]43C)C2C1. The van der Waals surface area contributed by atoms with E-state index >= 15 is 0 Å². The number of carboxylic acids is 1. The van der Waals surface area contributed by atoms with E-state index in [2.05, 4.69) is 47.6 Å². The quantitative estimate of drug-likeness (QED) is 0.206. The number of carboxylic acid groups (broad SMARTS) is 1. The second kappa shape index (κ2) is 12.1. The molecule has 9 nitrogen and oxygen atoms in total. The number of hydrogen-bond donors (Lipinski definition) is 4. The minimum atomic E-state index is -1.63. The zero-order valence-corrected chi connectivity index (χ0v) is 31.8. The molecule has 1 aromatic rings. The molecule has 2 aliphatic heterocycles. The topological polar surface area (TPSA) is 143 Å². The van der Waals surface area contributed by atoms with E-state index in [0.717, 1.165) is 69.8 Å². The third-order valence-electron chi connectivity index (χ3n) is 17.0. The molecule has 2 saturated heterocycles. The molecule has 4 N–H and O–H groups in total. The number of hydrogen-bond acceptors (Lipinski definition) is 8. The molecular weight excluding hydrogens is 660 g/mol. The van der Waals surface area contributed by atoms with Gasteiger partial charge in [-0.05, 0) is 116 Å². The Morgan fingerprint density at radius 1 is 0.827 bits per heavy atom. The molecule has 0 amide bonds. The fourth-order valence-electron chi connectivity index (χ4n) is 13.7. The Bertz CT molecular complexity index is 1620. The highest BCUT2D eigenvalue weighted by Gasteiger charge is 2.73. The molecule has 0 bridgehead atoms. The zero-order valence-electron chi connectivity index (χ0n) is 31.8. The number of ether oxygens (including phenoxy) is 3. The number of fused-ring (bicyclic) bond motifs is 9. The van der Waals surface area contributed by atoms with Crippen molar-refractivity contribution in [2.45, 2.75) is 155 Å². The first-order valence-corrected chi connectivity index (χ1v) is 19.9. The van der Waals surface area contributed by atoms with Crippen LogP contribution < -0.4 is 0 Å². The number of aliphatic hydroxyl groups excluding tert-OH is 3. The second-order valence-electron chi connectivity index (χ2n) is 19.7. The van der Waals surface area contributed by atoms with Gasteiger partial charge in [-0.1, -0.05) is 76.6 Å². The minimum Gasteiger partial charge on any atom is -0.481 e. The van der Waals surface area contributed by atoms with E-state index < -0.39 is 59.6 Å². The summed E-state index contributed by atoms with van der Waals surface area (Å²) in [6.45, 7) is 14.3. The number of rotatable bonds is 5. The maximum absolute atomic E-state index is 13.2. The average molecular weight is 721 g/mol. The van der Waals surface area contributed by atoms with Crippen molar-refractivity contribution in [2.24, 2.45) is 50.7 Å². The van der Waals surface area contributed by atoms with Crippen LogP contribution in [-0.2, 0) is 30.4 Å². The fourth-order valence-corrected chi connectivity index (χ4v) is 13.7. The van der Waals surface area contributed by atoms with Gasteiger partial charge in [-0.25, -0.2) is 4.79 Å². The van der Waals surface area contributed by atoms with Crippen molar-refractivity contribution in [1.29, 1.82) is 0 Å². The number of carbonyl (C=O) groups is 2. The van der Waals surface area contributed by atoms with Crippen molar-refractivity contribution in [3.63, 3.8) is 0 Å². The molecule has 8 rings (SSSR count). The van der Waals surface area contributed by atoms with Crippen molar-refractivity contribution in [2.75, 3.05) is 0 Å². The predicted molar refractivity (Wildman–Crippen MR) is 193 cm³/mol. The van der Waals surface area contributed by atoms with Crippen LogP contribution in [-0.4, -0.2) is 74.6 Å². The maximum atomic E-state index is 13.2. The van der Waals surface area contributed by atoms with Crippen molar-refractivity contribution in [1.82, 2.24) is 0 Å². The molecule has 9 heteroatoms. The lowest BCUT2D eigenvalue weighted by atomic mass is 9.33. The standard InChI is InChI=1S/C43H60O9/c1-38(2)18-20-43(37(48)49)21-19-40(4)25(27(43)22-38)12-13-28-39(3)16-14-26-33(52-42(26,6)29(39)15-17-41(28,40)5)34-31(45)30(44)32(46)35(51-34)36(47)50-23-24-10-8-7-9-11-24/h7-12,26-35,44-46H,13-23H2,1-6H3,(H,48,49)/t26-,27?,28?,29?,30?,31?,32-,33-,34-,35?,39-,40-,41-,42-,43+/m1/s1. The smallest absolute Gasteiger partial charge is 0.338 e. The van der Waals surface area contributed by atoms with E-state index in [4.69, 9.17) is 14.2 Å². The second-order valence-corrected chi connectivity index (χ2v) is 19.7. The summed E-state index contributed by atoms with van der Waals surface area (Å²) in [4.78, 5) is 26.2. The molecule has 5 aliphatic carbocycles. The van der Waals surface area contributed by atoms with Gasteiger partial charge in [0.15, 0.2) is 6.10 Å². The molecule has 1 aromatic carbocycles. The van der Waals surface area contributed by atoms with Gasteiger partial charge in [0.25, 0.3) is 0 Å². The van der Waals surface area contributed by atoms with Crippen LogP contribution in [0.5, 0.6) is 0 Å². The van der Waals surface area contributed by atoms with Crippen LogP contribution in [0.3, 0.4) is 0 Å². The molecule has 15 atom stereocenters. The van der Waals surface area contributed by atoms with Gasteiger partial charge in [0.2, 0.25) is 0 Å². The Kier molecular flexibility index (Phi) is 8.53. The van der Waals surface area contributed by atoms with Crippen LogP contribution in [0.4, 0.5) is 0 Å².